The fourth-order valence-corrected chi connectivity index (χ4v) is 3.65. The van der Waals surface area contributed by atoms with Gasteiger partial charge in [0, 0.05) is 25.7 Å². The number of nitrogens with zero attached hydrogens (tertiary/aromatic N) is 3. The molecule has 21 heavy (non-hydrogen) atoms. The van der Waals surface area contributed by atoms with Gasteiger partial charge < -0.3 is 10.2 Å². The van der Waals surface area contributed by atoms with Crippen molar-refractivity contribution in [1.29, 1.82) is 0 Å². The fraction of sp³-hybridized carbons (Fsp3) is 0.733. The van der Waals surface area contributed by atoms with Crippen LogP contribution in [0.3, 0.4) is 0 Å². The number of hydrogen-bond acceptors (Lipinski definition) is 4. The van der Waals surface area contributed by atoms with Crippen molar-refractivity contribution in [3.05, 3.63) is 21.6 Å². The number of anilines is 1. The van der Waals surface area contributed by atoms with Crippen molar-refractivity contribution in [1.82, 2.24) is 15.1 Å². The lowest BCUT2D eigenvalue weighted by molar-refractivity contribution is 0.340. The van der Waals surface area contributed by atoms with Gasteiger partial charge in [-0.2, -0.15) is 5.10 Å². The second kappa shape index (κ2) is 6.36. The van der Waals surface area contributed by atoms with Crippen molar-refractivity contribution in [2.45, 2.75) is 45.2 Å². The minimum Gasteiger partial charge on any atom is -0.367 e. The molecule has 2 aliphatic heterocycles. The molecule has 2 aliphatic rings. The molecule has 0 spiro atoms. The Morgan fingerprint density at radius 1 is 1.48 bits per heavy atom. The highest BCUT2D eigenvalue weighted by Gasteiger charge is 2.35. The largest absolute Gasteiger partial charge is 0.367 e. The number of halogens is 1. The van der Waals surface area contributed by atoms with Crippen LogP contribution in [0, 0.1) is 5.92 Å². The van der Waals surface area contributed by atoms with Crippen molar-refractivity contribution < 1.29 is 0 Å². The van der Waals surface area contributed by atoms with Gasteiger partial charge in [0.25, 0.3) is 5.56 Å². The Kier molecular flexibility index (Phi) is 4.50. The molecule has 5 nitrogen and oxygen atoms in total. The maximum atomic E-state index is 12.3. The molecule has 1 aromatic heterocycles. The van der Waals surface area contributed by atoms with E-state index in [1.165, 1.54) is 17.5 Å². The molecular weight excluding hydrogens is 288 g/mol. The molecule has 2 saturated heterocycles. The Balaban J connectivity index is 1.80. The van der Waals surface area contributed by atoms with Gasteiger partial charge in [0.1, 0.15) is 5.02 Å². The van der Waals surface area contributed by atoms with E-state index in [0.717, 1.165) is 38.2 Å². The van der Waals surface area contributed by atoms with Crippen molar-refractivity contribution in [2.75, 3.05) is 24.5 Å². The van der Waals surface area contributed by atoms with Gasteiger partial charge in [0.2, 0.25) is 0 Å². The molecule has 116 valence electrons. The molecule has 2 atom stereocenters. The number of aromatic nitrogens is 2. The molecule has 1 N–H and O–H groups in total. The SMILES string of the molecule is CCCCn1ncc(N2CC3CCCNC3C2)c(Cl)c1=O. The van der Waals surface area contributed by atoms with E-state index >= 15 is 0 Å². The number of unbranched alkanes of at least 4 members (excludes halogenated alkanes) is 1. The summed E-state index contributed by atoms with van der Waals surface area (Å²) in [5.41, 5.74) is 0.635. The summed E-state index contributed by atoms with van der Waals surface area (Å²) in [5.74, 6) is 0.664. The maximum Gasteiger partial charge on any atom is 0.287 e. The zero-order valence-corrected chi connectivity index (χ0v) is 13.3. The van der Waals surface area contributed by atoms with Crippen LogP contribution in [-0.4, -0.2) is 35.5 Å². The normalized spacial score (nSPS) is 25.1. The van der Waals surface area contributed by atoms with Crippen LogP contribution in [0.5, 0.6) is 0 Å². The first-order chi connectivity index (χ1) is 10.2. The second-order valence-electron chi connectivity index (χ2n) is 6.09. The van der Waals surface area contributed by atoms with E-state index < -0.39 is 0 Å². The summed E-state index contributed by atoms with van der Waals surface area (Å²) >= 11 is 6.32. The van der Waals surface area contributed by atoms with Gasteiger partial charge in [-0.3, -0.25) is 4.79 Å². The van der Waals surface area contributed by atoms with Crippen molar-refractivity contribution in [3.8, 4) is 0 Å². The summed E-state index contributed by atoms with van der Waals surface area (Å²) < 4.78 is 1.48. The van der Waals surface area contributed by atoms with E-state index in [2.05, 4.69) is 22.2 Å². The Morgan fingerprint density at radius 2 is 2.33 bits per heavy atom. The molecule has 6 heteroatoms. The number of aryl methyl sites for hydroxylation is 1. The highest BCUT2D eigenvalue weighted by molar-refractivity contribution is 6.33. The molecule has 0 bridgehead atoms. The molecule has 1 aromatic rings. The highest BCUT2D eigenvalue weighted by atomic mass is 35.5. The average Bonchev–Trinajstić information content (AvgIpc) is 2.92. The van der Waals surface area contributed by atoms with Gasteiger partial charge in [0.05, 0.1) is 11.9 Å². The molecule has 0 aromatic carbocycles. The second-order valence-corrected chi connectivity index (χ2v) is 6.47. The molecule has 3 heterocycles. The fourth-order valence-electron chi connectivity index (χ4n) is 3.39. The third-order valence-corrected chi connectivity index (χ3v) is 4.99. The van der Waals surface area contributed by atoms with Gasteiger partial charge in [-0.1, -0.05) is 24.9 Å². The molecule has 0 aliphatic carbocycles. The lowest BCUT2D eigenvalue weighted by Crippen LogP contribution is -2.40. The number of piperidine rings is 1. The monoisotopic (exact) mass is 310 g/mol. The predicted molar refractivity (Wildman–Crippen MR) is 85.1 cm³/mol. The topological polar surface area (TPSA) is 50.2 Å². The molecular formula is C15H23ClN4O. The van der Waals surface area contributed by atoms with Gasteiger partial charge in [0.15, 0.2) is 0 Å². The summed E-state index contributed by atoms with van der Waals surface area (Å²) in [6.45, 7) is 5.73. The minimum absolute atomic E-state index is 0.162. The van der Waals surface area contributed by atoms with Crippen LogP contribution in [0.1, 0.15) is 32.6 Å². The Hall–Kier alpha value is -1.07. The van der Waals surface area contributed by atoms with Crippen LogP contribution in [0.4, 0.5) is 5.69 Å². The molecule has 3 rings (SSSR count). The first-order valence-electron chi connectivity index (χ1n) is 7.94. The van der Waals surface area contributed by atoms with Crippen LogP contribution in [0.2, 0.25) is 5.02 Å². The number of rotatable bonds is 4. The summed E-state index contributed by atoms with van der Waals surface area (Å²) in [4.78, 5) is 14.5. The quantitative estimate of drug-likeness (QED) is 0.922. The lowest BCUT2D eigenvalue weighted by Gasteiger charge is -2.24. The summed E-state index contributed by atoms with van der Waals surface area (Å²) in [7, 11) is 0. The third-order valence-electron chi connectivity index (χ3n) is 4.63. The van der Waals surface area contributed by atoms with E-state index in [0.29, 0.717) is 23.5 Å². The van der Waals surface area contributed by atoms with E-state index in [1.807, 2.05) is 0 Å². The summed E-state index contributed by atoms with van der Waals surface area (Å²) in [5, 5.41) is 8.18. The molecule has 2 unspecified atom stereocenters. The molecule has 0 saturated carbocycles. The molecule has 0 radical (unpaired) electrons. The average molecular weight is 311 g/mol. The van der Waals surface area contributed by atoms with Crippen LogP contribution < -0.4 is 15.8 Å². The van der Waals surface area contributed by atoms with Crippen LogP contribution in [0.25, 0.3) is 0 Å². The molecule has 2 fully saturated rings. The maximum absolute atomic E-state index is 12.3. The summed E-state index contributed by atoms with van der Waals surface area (Å²) in [6, 6.07) is 0.525. The Morgan fingerprint density at radius 3 is 3.10 bits per heavy atom. The smallest absolute Gasteiger partial charge is 0.287 e. The van der Waals surface area contributed by atoms with Gasteiger partial charge in [-0.15, -0.1) is 0 Å². The minimum atomic E-state index is -0.162. The van der Waals surface area contributed by atoms with Gasteiger partial charge in [-0.25, -0.2) is 4.68 Å². The number of hydrogen-bond donors (Lipinski definition) is 1. The van der Waals surface area contributed by atoms with E-state index in [-0.39, 0.29) is 5.56 Å². The zero-order valence-electron chi connectivity index (χ0n) is 12.5. The van der Waals surface area contributed by atoms with Crippen molar-refractivity contribution in [3.63, 3.8) is 0 Å². The number of nitrogens with one attached hydrogen (secondary N) is 1. The molecule has 0 amide bonds. The first-order valence-corrected chi connectivity index (χ1v) is 8.32. The van der Waals surface area contributed by atoms with Gasteiger partial charge in [-0.05, 0) is 31.7 Å². The summed E-state index contributed by atoms with van der Waals surface area (Å²) in [6.07, 6.45) is 6.23. The van der Waals surface area contributed by atoms with Crippen molar-refractivity contribution >= 4 is 17.3 Å². The Bertz CT molecular complexity index is 545. The van der Waals surface area contributed by atoms with Crippen molar-refractivity contribution in [2.24, 2.45) is 5.92 Å². The number of fused-ring (bicyclic) bond motifs is 1. The van der Waals surface area contributed by atoms with E-state index in [1.54, 1.807) is 6.20 Å². The van der Waals surface area contributed by atoms with Crippen LogP contribution in [-0.2, 0) is 6.54 Å². The highest BCUT2D eigenvalue weighted by Crippen LogP contribution is 2.31. The standard InChI is InChI=1S/C15H23ClN4O/c1-2-3-7-20-15(21)14(16)13(8-18-20)19-9-11-5-4-6-17-12(11)10-19/h8,11-12,17H,2-7,9-10H2,1H3. The van der Waals surface area contributed by atoms with Crippen LogP contribution >= 0.6 is 11.6 Å². The Labute approximate surface area is 130 Å². The van der Waals surface area contributed by atoms with Gasteiger partial charge >= 0.3 is 0 Å². The predicted octanol–water partition coefficient (Wildman–Crippen LogP) is 1.88. The van der Waals surface area contributed by atoms with E-state index in [4.69, 9.17) is 11.6 Å². The lowest BCUT2D eigenvalue weighted by atomic mass is 9.94. The zero-order chi connectivity index (χ0) is 14.8. The van der Waals surface area contributed by atoms with Crippen LogP contribution in [0.15, 0.2) is 11.0 Å². The first kappa shape index (κ1) is 14.9. The van der Waals surface area contributed by atoms with E-state index in [9.17, 15) is 4.79 Å². The third kappa shape index (κ3) is 2.94.